The summed E-state index contributed by atoms with van der Waals surface area (Å²) in [7, 11) is -3.92. The van der Waals surface area contributed by atoms with Gasteiger partial charge < -0.3 is 10.1 Å². The van der Waals surface area contributed by atoms with E-state index in [1.807, 2.05) is 45.0 Å². The number of hydrogen-bond acceptors (Lipinski definition) is 4. The summed E-state index contributed by atoms with van der Waals surface area (Å²) in [6.07, 6.45) is 0.641. The molecule has 0 saturated carbocycles. The van der Waals surface area contributed by atoms with Crippen molar-refractivity contribution in [3.63, 3.8) is 0 Å². The Bertz CT molecular complexity index is 1170. The second-order valence-electron chi connectivity index (χ2n) is 7.83. The van der Waals surface area contributed by atoms with E-state index in [0.29, 0.717) is 12.1 Å². The molecule has 0 atom stereocenters. The molecule has 3 aromatic carbocycles. The monoisotopic (exact) mass is 466 g/mol. The van der Waals surface area contributed by atoms with E-state index in [4.69, 9.17) is 4.74 Å². The van der Waals surface area contributed by atoms with Crippen LogP contribution in [0.15, 0.2) is 77.7 Å². The molecule has 0 aliphatic carbocycles. The predicted octanol–water partition coefficient (Wildman–Crippen LogP) is 4.26. The van der Waals surface area contributed by atoms with Gasteiger partial charge in [-0.05, 0) is 67.3 Å². The molecule has 0 unspecified atom stereocenters. The Morgan fingerprint density at radius 2 is 1.58 bits per heavy atom. The van der Waals surface area contributed by atoms with Gasteiger partial charge in [0.2, 0.25) is 5.91 Å². The second kappa shape index (κ2) is 11.0. The molecular weight excluding hydrogens is 436 g/mol. The molecule has 0 spiro atoms. The first-order chi connectivity index (χ1) is 15.8. The standard InChI is InChI=1S/C26H30N2O4S/c1-4-22-10-8-9-13-25(22)28(33(30,31)24-11-6-5-7-12-24)19-26(29)27-14-15-32-23-17-20(2)16-21(3)18-23/h5-13,16-18H,4,14-15,19H2,1-3H3,(H,27,29). The molecule has 0 heterocycles. The summed E-state index contributed by atoms with van der Waals surface area (Å²) in [6.45, 7) is 6.18. The molecular formula is C26H30N2O4S. The number of anilines is 1. The van der Waals surface area contributed by atoms with Crippen LogP contribution < -0.4 is 14.4 Å². The molecule has 0 radical (unpaired) electrons. The minimum atomic E-state index is -3.92. The first-order valence-corrected chi connectivity index (χ1v) is 12.4. The Hall–Kier alpha value is -3.32. The van der Waals surface area contributed by atoms with E-state index < -0.39 is 15.9 Å². The van der Waals surface area contributed by atoms with Crippen LogP contribution in [-0.4, -0.2) is 34.0 Å². The first kappa shape index (κ1) is 24.3. The zero-order valence-corrected chi connectivity index (χ0v) is 20.1. The maximum absolute atomic E-state index is 13.4. The van der Waals surface area contributed by atoms with E-state index >= 15 is 0 Å². The number of benzene rings is 3. The average Bonchev–Trinajstić information content (AvgIpc) is 2.80. The molecule has 6 nitrogen and oxygen atoms in total. The Balaban J connectivity index is 1.72. The summed E-state index contributed by atoms with van der Waals surface area (Å²) < 4.78 is 33.8. The highest BCUT2D eigenvalue weighted by Gasteiger charge is 2.28. The molecule has 0 saturated heterocycles. The third kappa shape index (κ3) is 6.35. The molecule has 7 heteroatoms. The molecule has 0 fully saturated rings. The Kier molecular flexibility index (Phi) is 8.11. The Morgan fingerprint density at radius 1 is 0.939 bits per heavy atom. The fourth-order valence-corrected chi connectivity index (χ4v) is 5.11. The van der Waals surface area contributed by atoms with E-state index in [9.17, 15) is 13.2 Å². The van der Waals surface area contributed by atoms with E-state index in [0.717, 1.165) is 22.4 Å². The van der Waals surface area contributed by atoms with Crippen LogP contribution in [0.4, 0.5) is 5.69 Å². The number of rotatable bonds is 10. The molecule has 3 aromatic rings. The number of nitrogens with zero attached hydrogens (tertiary/aromatic N) is 1. The third-order valence-corrected chi connectivity index (χ3v) is 6.92. The van der Waals surface area contributed by atoms with Crippen LogP contribution in [0.3, 0.4) is 0 Å². The van der Waals surface area contributed by atoms with Crippen LogP contribution in [0.2, 0.25) is 0 Å². The largest absolute Gasteiger partial charge is 0.492 e. The zero-order valence-electron chi connectivity index (χ0n) is 19.2. The minimum absolute atomic E-state index is 0.141. The number of nitrogens with one attached hydrogen (secondary N) is 1. The SMILES string of the molecule is CCc1ccccc1N(CC(=O)NCCOc1cc(C)cc(C)c1)S(=O)(=O)c1ccccc1. The van der Waals surface area contributed by atoms with Crippen LogP contribution in [0.1, 0.15) is 23.6 Å². The van der Waals surface area contributed by atoms with Gasteiger partial charge in [0.05, 0.1) is 17.1 Å². The van der Waals surface area contributed by atoms with Gasteiger partial charge >= 0.3 is 0 Å². The summed E-state index contributed by atoms with van der Waals surface area (Å²) in [4.78, 5) is 12.9. The highest BCUT2D eigenvalue weighted by molar-refractivity contribution is 7.92. The molecule has 0 bridgehead atoms. The van der Waals surface area contributed by atoms with Crippen LogP contribution in [0, 0.1) is 13.8 Å². The van der Waals surface area contributed by atoms with E-state index in [-0.39, 0.29) is 24.6 Å². The lowest BCUT2D eigenvalue weighted by Crippen LogP contribution is -2.42. The van der Waals surface area contributed by atoms with Gasteiger partial charge in [0.15, 0.2) is 0 Å². The highest BCUT2D eigenvalue weighted by Crippen LogP contribution is 2.27. The molecule has 174 valence electrons. The summed E-state index contributed by atoms with van der Waals surface area (Å²) >= 11 is 0. The van der Waals surface area contributed by atoms with Crippen molar-refractivity contribution in [2.24, 2.45) is 0 Å². The fraction of sp³-hybridized carbons (Fsp3) is 0.269. The van der Waals surface area contributed by atoms with Gasteiger partial charge in [-0.2, -0.15) is 0 Å². The first-order valence-electron chi connectivity index (χ1n) is 10.9. The second-order valence-corrected chi connectivity index (χ2v) is 9.69. The number of hydrogen-bond donors (Lipinski definition) is 1. The minimum Gasteiger partial charge on any atom is -0.492 e. The van der Waals surface area contributed by atoms with Crippen molar-refractivity contribution in [3.05, 3.63) is 89.5 Å². The maximum Gasteiger partial charge on any atom is 0.264 e. The fourth-order valence-electron chi connectivity index (χ4n) is 3.63. The van der Waals surface area contributed by atoms with Crippen molar-refractivity contribution in [1.82, 2.24) is 5.32 Å². The molecule has 1 amide bonds. The van der Waals surface area contributed by atoms with Crippen molar-refractivity contribution in [2.45, 2.75) is 32.1 Å². The Morgan fingerprint density at radius 3 is 2.24 bits per heavy atom. The summed E-state index contributed by atoms with van der Waals surface area (Å²) in [5.41, 5.74) is 3.56. The van der Waals surface area contributed by atoms with Crippen molar-refractivity contribution >= 4 is 21.6 Å². The molecule has 0 aromatic heterocycles. The van der Waals surface area contributed by atoms with Crippen molar-refractivity contribution in [3.8, 4) is 5.75 Å². The number of ether oxygens (including phenoxy) is 1. The number of sulfonamides is 1. The van der Waals surface area contributed by atoms with Crippen molar-refractivity contribution < 1.29 is 17.9 Å². The number of aryl methyl sites for hydroxylation is 3. The lowest BCUT2D eigenvalue weighted by Gasteiger charge is -2.26. The maximum atomic E-state index is 13.4. The van der Waals surface area contributed by atoms with Gasteiger partial charge in [0, 0.05) is 0 Å². The van der Waals surface area contributed by atoms with Crippen molar-refractivity contribution in [1.29, 1.82) is 0 Å². The van der Waals surface area contributed by atoms with E-state index in [1.165, 1.54) is 16.4 Å². The van der Waals surface area contributed by atoms with Crippen LogP contribution in [-0.2, 0) is 21.2 Å². The van der Waals surface area contributed by atoms with Gasteiger partial charge in [-0.3, -0.25) is 9.10 Å². The third-order valence-electron chi connectivity index (χ3n) is 5.15. The summed E-state index contributed by atoms with van der Waals surface area (Å²) in [5, 5.41) is 2.77. The highest BCUT2D eigenvalue weighted by atomic mass is 32.2. The molecule has 1 N–H and O–H groups in total. The normalized spacial score (nSPS) is 11.1. The van der Waals surface area contributed by atoms with Crippen molar-refractivity contribution in [2.75, 3.05) is 24.0 Å². The summed E-state index contributed by atoms with van der Waals surface area (Å²) in [6, 6.07) is 21.3. The van der Waals surface area contributed by atoms with Crippen LogP contribution >= 0.6 is 0 Å². The molecule has 3 rings (SSSR count). The number of carbonyl (C=O) groups is 1. The van der Waals surface area contributed by atoms with Gasteiger partial charge in [-0.1, -0.05) is 49.4 Å². The quantitative estimate of drug-likeness (QED) is 0.453. The number of carbonyl (C=O) groups excluding carboxylic acids is 1. The van der Waals surface area contributed by atoms with Gasteiger partial charge in [-0.25, -0.2) is 8.42 Å². The van der Waals surface area contributed by atoms with Gasteiger partial charge in [0.1, 0.15) is 18.9 Å². The average molecular weight is 467 g/mol. The van der Waals surface area contributed by atoms with Crippen LogP contribution in [0.25, 0.3) is 0 Å². The molecule has 0 aliphatic heterocycles. The zero-order chi connectivity index (χ0) is 23.8. The van der Waals surface area contributed by atoms with Gasteiger partial charge in [-0.15, -0.1) is 0 Å². The number of para-hydroxylation sites is 1. The lowest BCUT2D eigenvalue weighted by atomic mass is 10.1. The van der Waals surface area contributed by atoms with Gasteiger partial charge in [0.25, 0.3) is 10.0 Å². The van der Waals surface area contributed by atoms with Crippen LogP contribution in [0.5, 0.6) is 5.75 Å². The Labute approximate surface area is 196 Å². The molecule has 0 aliphatic rings. The van der Waals surface area contributed by atoms with E-state index in [1.54, 1.807) is 30.3 Å². The van der Waals surface area contributed by atoms with E-state index in [2.05, 4.69) is 11.4 Å². The predicted molar refractivity (Wildman–Crippen MR) is 131 cm³/mol. The number of amides is 1. The summed E-state index contributed by atoms with van der Waals surface area (Å²) in [5.74, 6) is 0.344. The smallest absolute Gasteiger partial charge is 0.264 e. The lowest BCUT2D eigenvalue weighted by molar-refractivity contribution is -0.119. The molecule has 33 heavy (non-hydrogen) atoms. The topological polar surface area (TPSA) is 75.7 Å².